The van der Waals surface area contributed by atoms with Gasteiger partial charge in [-0.3, -0.25) is 14.3 Å². The first kappa shape index (κ1) is 19.6. The summed E-state index contributed by atoms with van der Waals surface area (Å²) < 4.78 is 1.54. The molecule has 0 aliphatic rings. The quantitative estimate of drug-likeness (QED) is 0.660. The molecule has 2 aromatic carbocycles. The summed E-state index contributed by atoms with van der Waals surface area (Å²) in [6, 6.07) is 14.9. The number of carbonyl (C=O) groups excluding carboxylic acids is 1. The Morgan fingerprint density at radius 3 is 2.36 bits per heavy atom. The summed E-state index contributed by atoms with van der Waals surface area (Å²) in [5, 5.41) is 2.93. The van der Waals surface area contributed by atoms with Gasteiger partial charge in [-0.15, -0.1) is 0 Å². The minimum absolute atomic E-state index is 0.205. The van der Waals surface area contributed by atoms with E-state index in [1.807, 2.05) is 49.4 Å². The van der Waals surface area contributed by atoms with E-state index in [9.17, 15) is 9.59 Å². The van der Waals surface area contributed by atoms with Crippen LogP contribution in [0.4, 0.5) is 5.69 Å². The van der Waals surface area contributed by atoms with Gasteiger partial charge < -0.3 is 10.3 Å². The van der Waals surface area contributed by atoms with Crippen molar-refractivity contribution in [3.63, 3.8) is 0 Å². The Balaban J connectivity index is 1.80. The third kappa shape index (κ3) is 4.23. The highest BCUT2D eigenvalue weighted by Crippen LogP contribution is 2.21. The predicted octanol–water partition coefficient (Wildman–Crippen LogP) is 3.57. The topological polar surface area (TPSA) is 70.1 Å². The number of aryl methyl sites for hydroxylation is 1. The Labute approximate surface area is 164 Å². The third-order valence-corrected chi connectivity index (χ3v) is 4.87. The first-order valence-electron chi connectivity index (χ1n) is 9.52. The number of amides is 1. The van der Waals surface area contributed by atoms with Crippen molar-refractivity contribution in [1.29, 1.82) is 0 Å². The summed E-state index contributed by atoms with van der Waals surface area (Å²) in [6.07, 6.45) is 1.65. The number of nitrogens with zero attached hydrogens (tertiary/aromatic N) is 2. The van der Waals surface area contributed by atoms with Gasteiger partial charge in [0.1, 0.15) is 0 Å². The fourth-order valence-electron chi connectivity index (χ4n) is 3.19. The molecule has 0 atom stereocenters. The van der Waals surface area contributed by atoms with Gasteiger partial charge >= 0.3 is 5.69 Å². The molecule has 0 aliphatic heterocycles. The Morgan fingerprint density at radius 1 is 1.07 bits per heavy atom. The van der Waals surface area contributed by atoms with Crippen LogP contribution in [0.15, 0.2) is 59.5 Å². The van der Waals surface area contributed by atoms with Gasteiger partial charge in [-0.05, 0) is 49.8 Å². The van der Waals surface area contributed by atoms with Crippen molar-refractivity contribution in [1.82, 2.24) is 14.5 Å². The van der Waals surface area contributed by atoms with Gasteiger partial charge in [0.15, 0.2) is 0 Å². The molecule has 0 spiro atoms. The molecule has 2 N–H and O–H groups in total. The molecule has 3 aromatic rings. The zero-order chi connectivity index (χ0) is 20.1. The second-order valence-electron chi connectivity index (χ2n) is 6.70. The molecule has 1 aromatic heterocycles. The molecular formula is C22H26N4O2. The molecule has 0 saturated heterocycles. The zero-order valence-electron chi connectivity index (χ0n) is 16.5. The lowest BCUT2D eigenvalue weighted by Crippen LogP contribution is -2.22. The van der Waals surface area contributed by atoms with E-state index in [1.54, 1.807) is 16.8 Å². The summed E-state index contributed by atoms with van der Waals surface area (Å²) in [6.45, 7) is 8.97. The molecule has 6 nitrogen and oxygen atoms in total. The van der Waals surface area contributed by atoms with Crippen LogP contribution in [0, 0.1) is 6.92 Å². The van der Waals surface area contributed by atoms with E-state index in [1.165, 1.54) is 5.56 Å². The van der Waals surface area contributed by atoms with E-state index in [-0.39, 0.29) is 11.6 Å². The summed E-state index contributed by atoms with van der Waals surface area (Å²) in [4.78, 5) is 29.8. The number of rotatable bonds is 7. The molecule has 0 bridgehead atoms. The Morgan fingerprint density at radius 2 is 1.75 bits per heavy atom. The van der Waals surface area contributed by atoms with Crippen LogP contribution in [-0.2, 0) is 6.54 Å². The van der Waals surface area contributed by atoms with Crippen LogP contribution < -0.4 is 11.0 Å². The number of aromatic nitrogens is 2. The number of imidazole rings is 1. The van der Waals surface area contributed by atoms with Crippen molar-refractivity contribution in [2.24, 2.45) is 0 Å². The lowest BCUT2D eigenvalue weighted by molar-refractivity contribution is 0.102. The van der Waals surface area contributed by atoms with Crippen molar-refractivity contribution in [3.05, 3.63) is 82.0 Å². The number of hydrogen-bond acceptors (Lipinski definition) is 3. The number of H-pyrrole nitrogens is 1. The summed E-state index contributed by atoms with van der Waals surface area (Å²) in [5.41, 5.74) is 3.51. The molecule has 0 radical (unpaired) electrons. The first-order chi connectivity index (χ1) is 13.5. The lowest BCUT2D eigenvalue weighted by atomic mass is 10.1. The number of benzene rings is 2. The van der Waals surface area contributed by atoms with Crippen LogP contribution in [-0.4, -0.2) is 33.4 Å². The highest BCUT2D eigenvalue weighted by molar-refractivity contribution is 6.05. The van der Waals surface area contributed by atoms with Crippen molar-refractivity contribution >= 4 is 11.6 Å². The molecule has 0 aliphatic carbocycles. The van der Waals surface area contributed by atoms with E-state index in [4.69, 9.17) is 0 Å². The minimum atomic E-state index is -0.236. The van der Waals surface area contributed by atoms with Crippen LogP contribution >= 0.6 is 0 Å². The largest absolute Gasteiger partial charge is 0.330 e. The SMILES string of the molecule is CCN(CC)Cc1ccc(C(=O)Nc2ccccc2-n2c(C)c[nH]c2=O)cc1. The minimum Gasteiger partial charge on any atom is -0.320 e. The first-order valence-corrected chi connectivity index (χ1v) is 9.52. The van der Waals surface area contributed by atoms with Gasteiger partial charge in [0, 0.05) is 24.0 Å². The van der Waals surface area contributed by atoms with E-state index >= 15 is 0 Å². The van der Waals surface area contributed by atoms with Gasteiger partial charge in [-0.2, -0.15) is 0 Å². The zero-order valence-corrected chi connectivity index (χ0v) is 16.5. The van der Waals surface area contributed by atoms with Crippen LogP contribution in [0.2, 0.25) is 0 Å². The fraction of sp³-hybridized carbons (Fsp3) is 0.273. The maximum Gasteiger partial charge on any atom is 0.330 e. The molecule has 146 valence electrons. The summed E-state index contributed by atoms with van der Waals surface area (Å²) in [7, 11) is 0. The van der Waals surface area contributed by atoms with Gasteiger partial charge in [0.25, 0.3) is 5.91 Å². The van der Waals surface area contributed by atoms with E-state index in [0.717, 1.165) is 25.3 Å². The molecule has 0 fully saturated rings. The van der Waals surface area contributed by atoms with Crippen LogP contribution in [0.3, 0.4) is 0 Å². The lowest BCUT2D eigenvalue weighted by Gasteiger charge is -2.18. The van der Waals surface area contributed by atoms with Gasteiger partial charge in [0.2, 0.25) is 0 Å². The van der Waals surface area contributed by atoms with Gasteiger partial charge in [0.05, 0.1) is 11.4 Å². The van der Waals surface area contributed by atoms with Gasteiger partial charge in [-0.25, -0.2) is 4.79 Å². The van der Waals surface area contributed by atoms with Crippen molar-refractivity contribution < 1.29 is 4.79 Å². The van der Waals surface area contributed by atoms with Crippen LogP contribution in [0.5, 0.6) is 0 Å². The molecule has 28 heavy (non-hydrogen) atoms. The average Bonchev–Trinajstić information content (AvgIpc) is 3.05. The second kappa shape index (κ2) is 8.71. The van der Waals surface area contributed by atoms with E-state index in [0.29, 0.717) is 16.9 Å². The highest BCUT2D eigenvalue weighted by Gasteiger charge is 2.13. The number of nitrogens with one attached hydrogen (secondary N) is 2. The Hall–Kier alpha value is -3.12. The van der Waals surface area contributed by atoms with E-state index in [2.05, 4.69) is 29.0 Å². The Kier molecular flexibility index (Phi) is 6.11. The Bertz CT molecular complexity index is 998. The number of hydrogen-bond donors (Lipinski definition) is 2. The van der Waals surface area contributed by atoms with Crippen molar-refractivity contribution in [2.75, 3.05) is 18.4 Å². The summed E-state index contributed by atoms with van der Waals surface area (Å²) in [5.74, 6) is -0.205. The molecule has 0 unspecified atom stereocenters. The summed E-state index contributed by atoms with van der Waals surface area (Å²) >= 11 is 0. The predicted molar refractivity (Wildman–Crippen MR) is 112 cm³/mol. The number of aromatic amines is 1. The van der Waals surface area contributed by atoms with Crippen LogP contribution in [0.25, 0.3) is 5.69 Å². The van der Waals surface area contributed by atoms with Crippen molar-refractivity contribution in [3.8, 4) is 5.69 Å². The molecule has 1 amide bonds. The smallest absolute Gasteiger partial charge is 0.320 e. The highest BCUT2D eigenvalue weighted by atomic mass is 16.2. The van der Waals surface area contributed by atoms with Gasteiger partial charge in [-0.1, -0.05) is 38.1 Å². The van der Waals surface area contributed by atoms with Crippen LogP contribution in [0.1, 0.15) is 35.5 Å². The maximum atomic E-state index is 12.7. The average molecular weight is 378 g/mol. The van der Waals surface area contributed by atoms with Crippen molar-refractivity contribution in [2.45, 2.75) is 27.3 Å². The third-order valence-electron chi connectivity index (χ3n) is 4.87. The molecule has 0 saturated carbocycles. The normalized spacial score (nSPS) is 11.0. The molecule has 3 rings (SSSR count). The molecule has 6 heteroatoms. The van der Waals surface area contributed by atoms with E-state index < -0.39 is 0 Å². The number of carbonyl (C=O) groups is 1. The second-order valence-corrected chi connectivity index (χ2v) is 6.70. The molecule has 1 heterocycles. The number of para-hydroxylation sites is 2. The maximum absolute atomic E-state index is 12.7. The number of anilines is 1. The fourth-order valence-corrected chi connectivity index (χ4v) is 3.19. The standard InChI is InChI=1S/C22H26N4O2/c1-4-25(5-2)15-17-10-12-18(13-11-17)21(27)24-19-8-6-7-9-20(19)26-16(3)14-23-22(26)28/h6-14H,4-5,15H2,1-3H3,(H,23,28)(H,24,27). The monoisotopic (exact) mass is 378 g/mol. The molecular weight excluding hydrogens is 352 g/mol.